The molecule has 1 aromatic rings. The zero-order valence-electron chi connectivity index (χ0n) is 22.6. The standard InChI is InChI=1S/C27H45N3O4/c1-10-12-13-17-28-24(31)23(22-18(3)15-14-16-19(22)4)30(20(5)11-2)25(32)21(6)29-26(33)34-27(7,8)9/h14-16,20-21,23H,10-13,17H2,1-9H3,(H,28,31)(H,29,33). The molecule has 192 valence electrons. The first kappa shape index (κ1) is 29.5. The van der Waals surface area contributed by atoms with Crippen LogP contribution in [0.25, 0.3) is 0 Å². The van der Waals surface area contributed by atoms with Gasteiger partial charge in [0.05, 0.1) is 0 Å². The second-order valence-electron chi connectivity index (χ2n) is 10.1. The summed E-state index contributed by atoms with van der Waals surface area (Å²) in [6.45, 7) is 17.4. The fourth-order valence-corrected chi connectivity index (χ4v) is 3.90. The summed E-state index contributed by atoms with van der Waals surface area (Å²) in [5, 5.41) is 5.70. The normalized spacial score (nSPS) is 14.0. The van der Waals surface area contributed by atoms with E-state index in [1.807, 2.05) is 45.9 Å². The first-order valence-corrected chi connectivity index (χ1v) is 12.5. The molecule has 34 heavy (non-hydrogen) atoms. The Morgan fingerprint density at radius 1 is 1.03 bits per heavy atom. The van der Waals surface area contributed by atoms with E-state index in [4.69, 9.17) is 4.74 Å². The fraction of sp³-hybridized carbons (Fsp3) is 0.667. The number of alkyl carbamates (subject to hydrolysis) is 1. The van der Waals surface area contributed by atoms with E-state index in [0.717, 1.165) is 36.0 Å². The number of hydrogen-bond acceptors (Lipinski definition) is 4. The molecule has 0 aliphatic rings. The number of ether oxygens (including phenoxy) is 1. The molecule has 1 rings (SSSR count). The van der Waals surface area contributed by atoms with Crippen LogP contribution in [0.1, 0.15) is 96.9 Å². The first-order valence-electron chi connectivity index (χ1n) is 12.5. The Morgan fingerprint density at radius 3 is 2.12 bits per heavy atom. The fourth-order valence-electron chi connectivity index (χ4n) is 3.90. The van der Waals surface area contributed by atoms with Gasteiger partial charge < -0.3 is 20.3 Å². The highest BCUT2D eigenvalue weighted by Crippen LogP contribution is 2.31. The number of carbonyl (C=O) groups is 3. The summed E-state index contributed by atoms with van der Waals surface area (Å²) in [7, 11) is 0. The minimum absolute atomic E-state index is 0.202. The van der Waals surface area contributed by atoms with E-state index in [9.17, 15) is 14.4 Å². The lowest BCUT2D eigenvalue weighted by Gasteiger charge is -2.38. The predicted molar refractivity (Wildman–Crippen MR) is 137 cm³/mol. The van der Waals surface area contributed by atoms with Gasteiger partial charge in [0.15, 0.2) is 0 Å². The van der Waals surface area contributed by atoms with Gasteiger partial charge in [0.25, 0.3) is 0 Å². The molecule has 2 N–H and O–H groups in total. The maximum atomic E-state index is 13.7. The summed E-state index contributed by atoms with van der Waals surface area (Å²) in [6.07, 6.45) is 2.97. The van der Waals surface area contributed by atoms with Crippen molar-refractivity contribution in [3.63, 3.8) is 0 Å². The minimum atomic E-state index is -0.858. The molecule has 3 unspecified atom stereocenters. The number of nitrogens with zero attached hydrogens (tertiary/aromatic N) is 1. The summed E-state index contributed by atoms with van der Waals surface area (Å²) in [4.78, 5) is 41.3. The van der Waals surface area contributed by atoms with Crippen LogP contribution < -0.4 is 10.6 Å². The third-order valence-corrected chi connectivity index (χ3v) is 5.85. The SMILES string of the molecule is CCCCCNC(=O)C(c1c(C)cccc1C)N(C(=O)C(C)NC(=O)OC(C)(C)C)C(C)CC. The zero-order valence-corrected chi connectivity index (χ0v) is 22.6. The third kappa shape index (κ3) is 8.65. The lowest BCUT2D eigenvalue weighted by Crippen LogP contribution is -2.54. The van der Waals surface area contributed by atoms with Crippen molar-refractivity contribution in [2.45, 2.75) is 112 Å². The van der Waals surface area contributed by atoms with Crippen LogP contribution in [-0.2, 0) is 14.3 Å². The Kier molecular flexibility index (Phi) is 11.6. The molecule has 0 heterocycles. The van der Waals surface area contributed by atoms with Crippen LogP contribution in [0.2, 0.25) is 0 Å². The van der Waals surface area contributed by atoms with Crippen LogP contribution in [0.15, 0.2) is 18.2 Å². The molecule has 0 fully saturated rings. The molecule has 0 saturated heterocycles. The Morgan fingerprint density at radius 2 is 1.62 bits per heavy atom. The summed E-state index contributed by atoms with van der Waals surface area (Å²) >= 11 is 0. The highest BCUT2D eigenvalue weighted by Gasteiger charge is 2.38. The molecule has 1 aromatic carbocycles. The lowest BCUT2D eigenvalue weighted by molar-refractivity contribution is -0.144. The monoisotopic (exact) mass is 475 g/mol. The molecule has 0 spiro atoms. The molecule has 0 aliphatic carbocycles. The van der Waals surface area contributed by atoms with Crippen molar-refractivity contribution in [1.29, 1.82) is 0 Å². The number of aryl methyl sites for hydroxylation is 2. The number of nitrogens with one attached hydrogen (secondary N) is 2. The largest absolute Gasteiger partial charge is 0.444 e. The van der Waals surface area contributed by atoms with Crippen molar-refractivity contribution in [2.75, 3.05) is 6.54 Å². The van der Waals surface area contributed by atoms with Crippen molar-refractivity contribution in [1.82, 2.24) is 15.5 Å². The van der Waals surface area contributed by atoms with Crippen molar-refractivity contribution < 1.29 is 19.1 Å². The second-order valence-corrected chi connectivity index (χ2v) is 10.1. The average Bonchev–Trinajstić information content (AvgIpc) is 2.73. The minimum Gasteiger partial charge on any atom is -0.444 e. The number of hydrogen-bond donors (Lipinski definition) is 2. The van der Waals surface area contributed by atoms with Crippen LogP contribution >= 0.6 is 0 Å². The molecular weight excluding hydrogens is 430 g/mol. The van der Waals surface area contributed by atoms with Crippen molar-refractivity contribution in [3.8, 4) is 0 Å². The summed E-state index contributed by atoms with van der Waals surface area (Å²) in [5.41, 5.74) is 2.04. The van der Waals surface area contributed by atoms with Gasteiger partial charge in [0.1, 0.15) is 17.7 Å². The van der Waals surface area contributed by atoms with Gasteiger partial charge in [-0.1, -0.05) is 44.9 Å². The van der Waals surface area contributed by atoms with Crippen LogP contribution in [0.3, 0.4) is 0 Å². The van der Waals surface area contributed by atoms with E-state index in [-0.39, 0.29) is 17.9 Å². The van der Waals surface area contributed by atoms with Crippen LogP contribution in [0.4, 0.5) is 4.79 Å². The summed E-state index contributed by atoms with van der Waals surface area (Å²) in [5.74, 6) is -0.525. The van der Waals surface area contributed by atoms with Crippen molar-refractivity contribution in [2.24, 2.45) is 0 Å². The maximum Gasteiger partial charge on any atom is 0.408 e. The molecule has 3 amide bonds. The molecule has 0 aromatic heterocycles. The van der Waals surface area contributed by atoms with E-state index < -0.39 is 23.8 Å². The van der Waals surface area contributed by atoms with Gasteiger partial charge in [-0.3, -0.25) is 9.59 Å². The zero-order chi connectivity index (χ0) is 26.1. The predicted octanol–water partition coefficient (Wildman–Crippen LogP) is 5.19. The number of unbranched alkanes of at least 4 members (excludes halogenated alkanes) is 2. The Hall–Kier alpha value is -2.57. The lowest BCUT2D eigenvalue weighted by atomic mass is 9.92. The second kappa shape index (κ2) is 13.4. The molecule has 0 aliphatic heterocycles. The Balaban J connectivity index is 3.38. The molecule has 7 nitrogen and oxygen atoms in total. The topological polar surface area (TPSA) is 87.7 Å². The van der Waals surface area contributed by atoms with Crippen LogP contribution in [-0.4, -0.2) is 47.0 Å². The van der Waals surface area contributed by atoms with Crippen molar-refractivity contribution >= 4 is 17.9 Å². The van der Waals surface area contributed by atoms with Gasteiger partial charge >= 0.3 is 6.09 Å². The van der Waals surface area contributed by atoms with Gasteiger partial charge in [-0.15, -0.1) is 0 Å². The van der Waals surface area contributed by atoms with Gasteiger partial charge in [-0.05, 0) is 78.0 Å². The highest BCUT2D eigenvalue weighted by molar-refractivity contribution is 5.92. The molecule has 7 heteroatoms. The van der Waals surface area contributed by atoms with E-state index >= 15 is 0 Å². The average molecular weight is 476 g/mol. The van der Waals surface area contributed by atoms with Gasteiger partial charge in [-0.25, -0.2) is 4.79 Å². The number of amides is 3. The smallest absolute Gasteiger partial charge is 0.408 e. The first-order chi connectivity index (χ1) is 15.8. The van der Waals surface area contributed by atoms with Gasteiger partial charge in [0, 0.05) is 12.6 Å². The van der Waals surface area contributed by atoms with Crippen LogP contribution in [0.5, 0.6) is 0 Å². The molecular formula is C27H45N3O4. The number of benzene rings is 1. The summed E-state index contributed by atoms with van der Waals surface area (Å²) < 4.78 is 5.33. The van der Waals surface area contributed by atoms with Gasteiger partial charge in [0.2, 0.25) is 11.8 Å². The Bertz CT molecular complexity index is 811. The van der Waals surface area contributed by atoms with E-state index in [0.29, 0.717) is 13.0 Å². The number of rotatable bonds is 11. The Labute approximate surface area is 206 Å². The van der Waals surface area contributed by atoms with E-state index in [1.165, 1.54) is 0 Å². The number of carbonyl (C=O) groups excluding carboxylic acids is 3. The summed E-state index contributed by atoms with van der Waals surface area (Å²) in [6, 6.07) is 3.99. The van der Waals surface area contributed by atoms with Crippen molar-refractivity contribution in [3.05, 3.63) is 34.9 Å². The molecule has 3 atom stereocenters. The quantitative estimate of drug-likeness (QED) is 0.431. The van der Waals surface area contributed by atoms with Gasteiger partial charge in [-0.2, -0.15) is 0 Å². The van der Waals surface area contributed by atoms with Crippen LogP contribution in [0, 0.1) is 13.8 Å². The molecule has 0 bridgehead atoms. The molecule has 0 saturated carbocycles. The molecule has 0 radical (unpaired) electrons. The third-order valence-electron chi connectivity index (χ3n) is 5.85. The van der Waals surface area contributed by atoms with E-state index in [2.05, 4.69) is 17.6 Å². The highest BCUT2D eigenvalue weighted by atomic mass is 16.6. The van der Waals surface area contributed by atoms with E-state index in [1.54, 1.807) is 32.6 Å². The maximum absolute atomic E-state index is 13.7.